The third kappa shape index (κ3) is 4.31. The van der Waals surface area contributed by atoms with Gasteiger partial charge in [-0.05, 0) is 31.6 Å². The van der Waals surface area contributed by atoms with Crippen molar-refractivity contribution in [2.24, 2.45) is 18.9 Å². The highest BCUT2D eigenvalue weighted by Gasteiger charge is 2.33. The van der Waals surface area contributed by atoms with Crippen LogP contribution in [0.4, 0.5) is 0 Å². The molecule has 4 rings (SSSR count). The van der Waals surface area contributed by atoms with Gasteiger partial charge in [0.2, 0.25) is 11.8 Å². The molecule has 2 aliphatic rings. The molecule has 2 fully saturated rings. The highest BCUT2D eigenvalue weighted by Crippen LogP contribution is 2.26. The van der Waals surface area contributed by atoms with Gasteiger partial charge in [0.25, 0.3) is 0 Å². The van der Waals surface area contributed by atoms with E-state index < -0.39 is 0 Å². The number of rotatable bonds is 4. The van der Waals surface area contributed by atoms with Gasteiger partial charge in [0.05, 0.1) is 11.9 Å². The number of imidazole rings is 1. The van der Waals surface area contributed by atoms with Gasteiger partial charge in [-0.3, -0.25) is 14.6 Å². The summed E-state index contributed by atoms with van der Waals surface area (Å²) in [5.74, 6) is 1.62. The van der Waals surface area contributed by atoms with Crippen molar-refractivity contribution in [3.63, 3.8) is 0 Å². The van der Waals surface area contributed by atoms with Crippen molar-refractivity contribution in [2.75, 3.05) is 26.2 Å². The van der Waals surface area contributed by atoms with Gasteiger partial charge in [-0.15, -0.1) is 0 Å². The molecule has 29 heavy (non-hydrogen) atoms. The van der Waals surface area contributed by atoms with Crippen LogP contribution >= 0.6 is 0 Å². The molecule has 0 radical (unpaired) electrons. The molecule has 2 saturated heterocycles. The second kappa shape index (κ2) is 8.31. The monoisotopic (exact) mass is 396 g/mol. The maximum atomic E-state index is 12.9. The molecule has 2 amide bonds. The van der Waals surface area contributed by atoms with Crippen molar-refractivity contribution >= 4 is 11.8 Å². The quantitative estimate of drug-likeness (QED) is 0.782. The number of aromatic nitrogens is 4. The Bertz CT molecular complexity index is 887. The van der Waals surface area contributed by atoms with E-state index in [1.54, 1.807) is 19.3 Å². The van der Waals surface area contributed by atoms with Crippen LogP contribution in [0.1, 0.15) is 31.9 Å². The van der Waals surface area contributed by atoms with E-state index in [0.29, 0.717) is 19.0 Å². The van der Waals surface area contributed by atoms with Crippen molar-refractivity contribution < 1.29 is 9.59 Å². The van der Waals surface area contributed by atoms with Crippen LogP contribution in [0, 0.1) is 11.8 Å². The van der Waals surface area contributed by atoms with Crippen LogP contribution in [-0.2, 0) is 23.1 Å². The van der Waals surface area contributed by atoms with E-state index in [-0.39, 0.29) is 17.7 Å². The van der Waals surface area contributed by atoms with Crippen molar-refractivity contribution in [2.45, 2.75) is 32.6 Å². The fourth-order valence-corrected chi connectivity index (χ4v) is 4.42. The lowest BCUT2D eigenvalue weighted by Gasteiger charge is -2.32. The maximum Gasteiger partial charge on any atom is 0.225 e. The zero-order chi connectivity index (χ0) is 20.4. The average molecular weight is 396 g/mol. The molecule has 0 spiro atoms. The van der Waals surface area contributed by atoms with E-state index in [4.69, 9.17) is 4.98 Å². The largest absolute Gasteiger partial charge is 0.343 e. The number of aryl methyl sites for hydroxylation is 1. The van der Waals surface area contributed by atoms with Gasteiger partial charge < -0.3 is 14.4 Å². The summed E-state index contributed by atoms with van der Waals surface area (Å²) in [5, 5.41) is 0. The normalized spacial score (nSPS) is 20.3. The third-order valence-corrected chi connectivity index (χ3v) is 6.12. The van der Waals surface area contributed by atoms with E-state index in [2.05, 4.69) is 9.97 Å². The first kappa shape index (κ1) is 19.5. The van der Waals surface area contributed by atoms with Crippen molar-refractivity contribution in [3.05, 3.63) is 30.5 Å². The lowest BCUT2D eigenvalue weighted by molar-refractivity contribution is -0.139. The molecule has 1 atom stereocenters. The van der Waals surface area contributed by atoms with Crippen LogP contribution in [0.5, 0.6) is 0 Å². The van der Waals surface area contributed by atoms with Gasteiger partial charge >= 0.3 is 0 Å². The van der Waals surface area contributed by atoms with Gasteiger partial charge in [-0.2, -0.15) is 0 Å². The standard InChI is InChI=1S/C21H28N6O2/c1-15(28)26-8-4-17(5-9-26)21(29)27-7-3-16(14-27)11-18-12-22-13-19(24-18)20-23-6-10-25(20)2/h6,10,12-13,16-17H,3-5,7-9,11,14H2,1-2H3. The Balaban J connectivity index is 1.33. The molecule has 0 saturated carbocycles. The smallest absolute Gasteiger partial charge is 0.225 e. The Morgan fingerprint density at radius 3 is 2.55 bits per heavy atom. The first-order chi connectivity index (χ1) is 14.0. The first-order valence-corrected chi connectivity index (χ1v) is 10.3. The molecule has 0 N–H and O–H groups in total. The molecule has 8 nitrogen and oxygen atoms in total. The van der Waals surface area contributed by atoms with Crippen molar-refractivity contribution in [1.82, 2.24) is 29.3 Å². The number of likely N-dealkylation sites (tertiary alicyclic amines) is 2. The number of amides is 2. The Morgan fingerprint density at radius 2 is 1.86 bits per heavy atom. The van der Waals surface area contributed by atoms with Crippen LogP contribution in [0.3, 0.4) is 0 Å². The Labute approximate surface area is 171 Å². The van der Waals surface area contributed by atoms with Gasteiger partial charge in [0, 0.05) is 64.7 Å². The first-order valence-electron chi connectivity index (χ1n) is 10.3. The molecule has 8 heteroatoms. The van der Waals surface area contributed by atoms with Crippen molar-refractivity contribution in [3.8, 4) is 11.5 Å². The number of hydrogen-bond donors (Lipinski definition) is 0. The molecule has 2 aliphatic heterocycles. The Kier molecular flexibility index (Phi) is 5.60. The lowest BCUT2D eigenvalue weighted by Crippen LogP contribution is -2.43. The molecule has 0 aliphatic carbocycles. The van der Waals surface area contributed by atoms with Crippen molar-refractivity contribution in [1.29, 1.82) is 0 Å². The highest BCUT2D eigenvalue weighted by molar-refractivity contribution is 5.80. The minimum atomic E-state index is 0.0517. The van der Waals surface area contributed by atoms with Gasteiger partial charge in [0.1, 0.15) is 5.69 Å². The zero-order valence-electron chi connectivity index (χ0n) is 17.1. The minimum Gasteiger partial charge on any atom is -0.343 e. The summed E-state index contributed by atoms with van der Waals surface area (Å²) < 4.78 is 1.93. The maximum absolute atomic E-state index is 12.9. The summed E-state index contributed by atoms with van der Waals surface area (Å²) in [6.45, 7) is 4.57. The number of nitrogens with zero attached hydrogens (tertiary/aromatic N) is 6. The third-order valence-electron chi connectivity index (χ3n) is 6.12. The lowest BCUT2D eigenvalue weighted by atomic mass is 9.95. The van der Waals surface area contributed by atoms with Crippen LogP contribution in [-0.4, -0.2) is 67.3 Å². The van der Waals surface area contributed by atoms with Crippen LogP contribution < -0.4 is 0 Å². The second-order valence-corrected chi connectivity index (χ2v) is 8.18. The SMILES string of the molecule is CC(=O)N1CCC(C(=O)N2CCC(Cc3cncc(-c4nccn4C)n3)C2)CC1. The number of carbonyl (C=O) groups excluding carboxylic acids is 2. The number of carbonyl (C=O) groups is 2. The average Bonchev–Trinajstić information content (AvgIpc) is 3.37. The number of hydrogen-bond acceptors (Lipinski definition) is 5. The van der Waals surface area contributed by atoms with E-state index in [1.165, 1.54) is 0 Å². The molecular formula is C21H28N6O2. The van der Waals surface area contributed by atoms with E-state index >= 15 is 0 Å². The van der Waals surface area contributed by atoms with E-state index in [1.807, 2.05) is 33.8 Å². The predicted molar refractivity (Wildman–Crippen MR) is 108 cm³/mol. The van der Waals surface area contributed by atoms with E-state index in [9.17, 15) is 9.59 Å². The molecule has 154 valence electrons. The summed E-state index contributed by atoms with van der Waals surface area (Å²) in [4.78, 5) is 41.7. The van der Waals surface area contributed by atoms with E-state index in [0.717, 1.165) is 56.0 Å². The topological polar surface area (TPSA) is 84.2 Å². The van der Waals surface area contributed by atoms with Crippen LogP contribution in [0.2, 0.25) is 0 Å². The molecule has 0 aromatic carbocycles. The molecule has 2 aromatic rings. The summed E-state index contributed by atoms with van der Waals surface area (Å²) in [6, 6.07) is 0. The molecular weight excluding hydrogens is 368 g/mol. The highest BCUT2D eigenvalue weighted by atomic mass is 16.2. The van der Waals surface area contributed by atoms with Gasteiger partial charge in [0.15, 0.2) is 5.82 Å². The van der Waals surface area contributed by atoms with Gasteiger partial charge in [-0.25, -0.2) is 9.97 Å². The fourth-order valence-electron chi connectivity index (χ4n) is 4.42. The minimum absolute atomic E-state index is 0.0517. The summed E-state index contributed by atoms with van der Waals surface area (Å²) in [5.41, 5.74) is 1.72. The van der Waals surface area contributed by atoms with Crippen LogP contribution in [0.25, 0.3) is 11.5 Å². The predicted octanol–water partition coefficient (Wildman–Crippen LogP) is 1.53. The van der Waals surface area contributed by atoms with Crippen LogP contribution in [0.15, 0.2) is 24.8 Å². The molecule has 4 heterocycles. The molecule has 0 bridgehead atoms. The van der Waals surface area contributed by atoms with Gasteiger partial charge in [-0.1, -0.05) is 0 Å². The Hall–Kier alpha value is -2.77. The Morgan fingerprint density at radius 1 is 1.10 bits per heavy atom. The molecule has 1 unspecified atom stereocenters. The zero-order valence-corrected chi connectivity index (χ0v) is 17.1. The molecule has 2 aromatic heterocycles. The number of piperidine rings is 1. The summed E-state index contributed by atoms with van der Waals surface area (Å²) in [7, 11) is 1.94. The summed E-state index contributed by atoms with van der Waals surface area (Å²) in [6.07, 6.45) is 10.6. The fraction of sp³-hybridized carbons (Fsp3) is 0.571. The summed E-state index contributed by atoms with van der Waals surface area (Å²) >= 11 is 0. The second-order valence-electron chi connectivity index (χ2n) is 8.18.